The van der Waals surface area contributed by atoms with E-state index in [1.54, 1.807) is 18.4 Å². The van der Waals surface area contributed by atoms with Gasteiger partial charge < -0.3 is 10.5 Å². The predicted molar refractivity (Wildman–Crippen MR) is 54.9 cm³/mol. The fourth-order valence-electron chi connectivity index (χ4n) is 1.21. The van der Waals surface area contributed by atoms with Gasteiger partial charge in [-0.3, -0.25) is 4.98 Å². The quantitative estimate of drug-likeness (QED) is 0.782. The van der Waals surface area contributed by atoms with Crippen LogP contribution >= 0.6 is 11.3 Å². The number of hydrogen-bond donors (Lipinski definition) is 1. The number of methoxy groups -OCH3 is 1. The van der Waals surface area contributed by atoms with Crippen molar-refractivity contribution in [2.45, 2.75) is 31.9 Å². The van der Waals surface area contributed by atoms with E-state index in [1.807, 2.05) is 18.6 Å². The van der Waals surface area contributed by atoms with Crippen molar-refractivity contribution < 1.29 is 4.74 Å². The SMILES string of the molecule is COC(C)CC(N)Cc1cncs1. The lowest BCUT2D eigenvalue weighted by Gasteiger charge is -2.14. The molecule has 4 heteroatoms. The predicted octanol–water partition coefficient (Wildman–Crippen LogP) is 1.44. The monoisotopic (exact) mass is 200 g/mol. The Kier molecular flexibility index (Phi) is 4.35. The Balaban J connectivity index is 2.29. The van der Waals surface area contributed by atoms with Gasteiger partial charge in [-0.25, -0.2) is 0 Å². The Morgan fingerprint density at radius 1 is 1.69 bits per heavy atom. The molecule has 3 nitrogen and oxygen atoms in total. The third kappa shape index (κ3) is 3.85. The highest BCUT2D eigenvalue weighted by molar-refractivity contribution is 7.09. The van der Waals surface area contributed by atoms with E-state index in [1.165, 1.54) is 4.88 Å². The number of thiazole rings is 1. The number of nitrogens with two attached hydrogens (primary N) is 1. The minimum atomic E-state index is 0.176. The van der Waals surface area contributed by atoms with Gasteiger partial charge in [-0.15, -0.1) is 11.3 Å². The van der Waals surface area contributed by atoms with Gasteiger partial charge in [0.25, 0.3) is 0 Å². The molecule has 1 aromatic rings. The molecule has 1 aromatic heterocycles. The van der Waals surface area contributed by atoms with Crippen molar-refractivity contribution >= 4 is 11.3 Å². The van der Waals surface area contributed by atoms with Crippen molar-refractivity contribution in [1.82, 2.24) is 4.98 Å². The van der Waals surface area contributed by atoms with E-state index in [2.05, 4.69) is 4.98 Å². The lowest BCUT2D eigenvalue weighted by Crippen LogP contribution is -2.27. The van der Waals surface area contributed by atoms with Crippen LogP contribution in [0.5, 0.6) is 0 Å². The lowest BCUT2D eigenvalue weighted by atomic mass is 10.1. The van der Waals surface area contributed by atoms with E-state index in [4.69, 9.17) is 10.5 Å². The molecule has 0 amide bonds. The first-order chi connectivity index (χ1) is 6.22. The summed E-state index contributed by atoms with van der Waals surface area (Å²) in [7, 11) is 1.71. The molecule has 0 aromatic carbocycles. The van der Waals surface area contributed by atoms with E-state index in [0.717, 1.165) is 12.8 Å². The van der Waals surface area contributed by atoms with Crippen LogP contribution in [0.2, 0.25) is 0 Å². The molecular weight excluding hydrogens is 184 g/mol. The first-order valence-corrected chi connectivity index (χ1v) is 5.26. The largest absolute Gasteiger partial charge is 0.382 e. The van der Waals surface area contributed by atoms with Gasteiger partial charge in [-0.1, -0.05) is 0 Å². The van der Waals surface area contributed by atoms with Crippen molar-refractivity contribution in [1.29, 1.82) is 0 Å². The smallest absolute Gasteiger partial charge is 0.0794 e. The average Bonchev–Trinajstić information content (AvgIpc) is 2.56. The van der Waals surface area contributed by atoms with Gasteiger partial charge in [0.2, 0.25) is 0 Å². The Labute approximate surface area is 82.9 Å². The summed E-state index contributed by atoms with van der Waals surface area (Å²) in [5.74, 6) is 0. The van der Waals surface area contributed by atoms with E-state index < -0.39 is 0 Å². The summed E-state index contributed by atoms with van der Waals surface area (Å²) in [6.45, 7) is 2.03. The minimum absolute atomic E-state index is 0.176. The summed E-state index contributed by atoms with van der Waals surface area (Å²) in [5, 5.41) is 0. The van der Waals surface area contributed by atoms with Gasteiger partial charge in [0, 0.05) is 24.2 Å². The van der Waals surface area contributed by atoms with Crippen LogP contribution in [0.25, 0.3) is 0 Å². The van der Waals surface area contributed by atoms with Gasteiger partial charge in [0.15, 0.2) is 0 Å². The number of aromatic nitrogens is 1. The first-order valence-electron chi connectivity index (χ1n) is 4.38. The number of rotatable bonds is 5. The second kappa shape index (κ2) is 5.32. The molecular formula is C9H16N2OS. The molecule has 0 radical (unpaired) electrons. The van der Waals surface area contributed by atoms with E-state index in [9.17, 15) is 0 Å². The Morgan fingerprint density at radius 3 is 3.00 bits per heavy atom. The van der Waals surface area contributed by atoms with Crippen LogP contribution in [-0.4, -0.2) is 24.2 Å². The summed E-state index contributed by atoms with van der Waals surface area (Å²) in [4.78, 5) is 5.25. The van der Waals surface area contributed by atoms with Crippen LogP contribution in [0.1, 0.15) is 18.2 Å². The van der Waals surface area contributed by atoms with E-state index in [-0.39, 0.29) is 12.1 Å². The Bertz CT molecular complexity index is 226. The summed E-state index contributed by atoms with van der Waals surface area (Å²) < 4.78 is 5.15. The topological polar surface area (TPSA) is 48.1 Å². The van der Waals surface area contributed by atoms with Gasteiger partial charge >= 0.3 is 0 Å². The van der Waals surface area contributed by atoms with Crippen molar-refractivity contribution in [3.05, 3.63) is 16.6 Å². The molecule has 2 unspecified atom stereocenters. The number of ether oxygens (including phenoxy) is 1. The highest BCUT2D eigenvalue weighted by atomic mass is 32.1. The lowest BCUT2D eigenvalue weighted by molar-refractivity contribution is 0.105. The molecule has 0 saturated carbocycles. The molecule has 0 saturated heterocycles. The van der Waals surface area contributed by atoms with Crippen LogP contribution in [0.4, 0.5) is 0 Å². The first kappa shape index (κ1) is 10.6. The van der Waals surface area contributed by atoms with Crippen LogP contribution in [-0.2, 0) is 11.2 Å². The zero-order chi connectivity index (χ0) is 9.68. The van der Waals surface area contributed by atoms with E-state index >= 15 is 0 Å². The maximum absolute atomic E-state index is 5.94. The summed E-state index contributed by atoms with van der Waals surface area (Å²) in [6, 6.07) is 0.176. The highest BCUT2D eigenvalue weighted by Gasteiger charge is 2.09. The summed E-state index contributed by atoms with van der Waals surface area (Å²) >= 11 is 1.65. The third-order valence-electron chi connectivity index (χ3n) is 1.98. The Hall–Kier alpha value is -0.450. The third-order valence-corrected chi connectivity index (χ3v) is 2.79. The van der Waals surface area contributed by atoms with Gasteiger partial charge in [-0.05, 0) is 19.8 Å². The molecule has 0 aliphatic heterocycles. The fourth-order valence-corrected chi connectivity index (χ4v) is 1.90. The molecule has 2 atom stereocenters. The number of nitrogens with zero attached hydrogens (tertiary/aromatic N) is 1. The number of hydrogen-bond acceptors (Lipinski definition) is 4. The summed E-state index contributed by atoms with van der Waals surface area (Å²) in [5.41, 5.74) is 7.78. The maximum Gasteiger partial charge on any atom is 0.0794 e. The molecule has 13 heavy (non-hydrogen) atoms. The van der Waals surface area contributed by atoms with Crippen molar-refractivity contribution in [2.24, 2.45) is 5.73 Å². The van der Waals surface area contributed by atoms with Gasteiger partial charge in [0.1, 0.15) is 0 Å². The fraction of sp³-hybridized carbons (Fsp3) is 0.667. The second-order valence-electron chi connectivity index (χ2n) is 3.21. The zero-order valence-corrected chi connectivity index (χ0v) is 8.88. The maximum atomic E-state index is 5.94. The van der Waals surface area contributed by atoms with Crippen LogP contribution in [0.3, 0.4) is 0 Å². The van der Waals surface area contributed by atoms with Crippen molar-refractivity contribution in [3.63, 3.8) is 0 Å². The molecule has 1 rings (SSSR count). The van der Waals surface area contributed by atoms with Crippen LogP contribution in [0.15, 0.2) is 11.7 Å². The molecule has 1 heterocycles. The van der Waals surface area contributed by atoms with Crippen LogP contribution in [0, 0.1) is 0 Å². The van der Waals surface area contributed by atoms with Crippen molar-refractivity contribution in [2.75, 3.05) is 7.11 Å². The second-order valence-corrected chi connectivity index (χ2v) is 4.18. The van der Waals surface area contributed by atoms with Gasteiger partial charge in [-0.2, -0.15) is 0 Å². The van der Waals surface area contributed by atoms with Crippen LogP contribution < -0.4 is 5.73 Å². The summed E-state index contributed by atoms with van der Waals surface area (Å²) in [6.07, 6.45) is 3.91. The Morgan fingerprint density at radius 2 is 2.46 bits per heavy atom. The molecule has 0 fully saturated rings. The zero-order valence-electron chi connectivity index (χ0n) is 8.06. The normalized spacial score (nSPS) is 15.6. The highest BCUT2D eigenvalue weighted by Crippen LogP contribution is 2.10. The van der Waals surface area contributed by atoms with Gasteiger partial charge in [0.05, 0.1) is 11.6 Å². The minimum Gasteiger partial charge on any atom is -0.382 e. The van der Waals surface area contributed by atoms with E-state index in [0.29, 0.717) is 0 Å². The molecule has 0 aliphatic rings. The molecule has 74 valence electrons. The molecule has 0 aliphatic carbocycles. The molecule has 0 bridgehead atoms. The molecule has 2 N–H and O–H groups in total. The standard InChI is InChI=1S/C9H16N2OS/c1-7(12-2)3-8(10)4-9-5-11-6-13-9/h5-8H,3-4,10H2,1-2H3. The average molecular weight is 200 g/mol. The molecule has 0 spiro atoms. The van der Waals surface area contributed by atoms with Crippen molar-refractivity contribution in [3.8, 4) is 0 Å².